The number of hydrazone groups is 1. The van der Waals surface area contributed by atoms with Gasteiger partial charge in [0.2, 0.25) is 5.91 Å². The van der Waals surface area contributed by atoms with Crippen molar-refractivity contribution in [3.63, 3.8) is 0 Å². The van der Waals surface area contributed by atoms with Gasteiger partial charge in [-0.3, -0.25) is 14.9 Å². The number of aromatic hydroxyl groups is 1. The van der Waals surface area contributed by atoms with Gasteiger partial charge >= 0.3 is 11.9 Å². The highest BCUT2D eigenvalue weighted by Crippen LogP contribution is 2.29. The minimum absolute atomic E-state index is 0.160. The lowest BCUT2D eigenvalue weighted by atomic mass is 10.1. The molecule has 0 aliphatic rings. The topological polar surface area (TPSA) is 105 Å². The third kappa shape index (κ3) is 5.03. The molecule has 0 radical (unpaired) electrons. The predicted molar refractivity (Wildman–Crippen MR) is 85.6 cm³/mol. The summed E-state index contributed by atoms with van der Waals surface area (Å²) in [5, 5.41) is 23.6. The van der Waals surface area contributed by atoms with E-state index in [1.807, 2.05) is 0 Å². The first-order chi connectivity index (χ1) is 12.2. The van der Waals surface area contributed by atoms with Crippen LogP contribution < -0.4 is 5.43 Å². The Labute approximate surface area is 144 Å². The van der Waals surface area contributed by atoms with E-state index >= 15 is 0 Å². The summed E-state index contributed by atoms with van der Waals surface area (Å²) < 4.78 is 37.9. The first kappa shape index (κ1) is 18.9. The van der Waals surface area contributed by atoms with Gasteiger partial charge in [0.15, 0.2) is 5.75 Å². The number of nitrogens with one attached hydrogen (secondary N) is 1. The fourth-order valence-corrected chi connectivity index (χ4v) is 2.03. The maximum Gasteiger partial charge on any atom is 0.416 e. The molecular formula is C16H12F3N3O4. The zero-order valence-corrected chi connectivity index (χ0v) is 13.0. The number of rotatable bonds is 5. The molecule has 7 nitrogen and oxygen atoms in total. The first-order valence-corrected chi connectivity index (χ1v) is 7.12. The van der Waals surface area contributed by atoms with E-state index < -0.39 is 34.0 Å². The Morgan fingerprint density at radius 3 is 2.65 bits per heavy atom. The quantitative estimate of drug-likeness (QED) is 0.481. The fourth-order valence-electron chi connectivity index (χ4n) is 2.03. The number of nitrogens with zero attached hydrogens (tertiary/aromatic N) is 2. The number of nitro groups is 1. The van der Waals surface area contributed by atoms with Crippen LogP contribution in [-0.2, 0) is 17.4 Å². The third-order valence-corrected chi connectivity index (χ3v) is 3.22. The largest absolute Gasteiger partial charge is 0.502 e. The summed E-state index contributed by atoms with van der Waals surface area (Å²) >= 11 is 0. The van der Waals surface area contributed by atoms with Crippen LogP contribution in [0.2, 0.25) is 0 Å². The molecule has 136 valence electrons. The highest BCUT2D eigenvalue weighted by Gasteiger charge is 2.30. The number of nitro benzene ring substituents is 1. The molecule has 2 aromatic rings. The fraction of sp³-hybridized carbons (Fsp3) is 0.125. The van der Waals surface area contributed by atoms with E-state index in [0.29, 0.717) is 0 Å². The number of hydrogen-bond donors (Lipinski definition) is 2. The number of hydrogen-bond acceptors (Lipinski definition) is 5. The number of alkyl halides is 3. The summed E-state index contributed by atoms with van der Waals surface area (Å²) in [6.07, 6.45) is -3.72. The Morgan fingerprint density at radius 2 is 2.00 bits per heavy atom. The summed E-state index contributed by atoms with van der Waals surface area (Å²) in [5.41, 5.74) is 1.14. The Hall–Kier alpha value is -3.43. The molecule has 0 atom stereocenters. The van der Waals surface area contributed by atoms with E-state index in [1.165, 1.54) is 18.2 Å². The number of phenols is 1. The van der Waals surface area contributed by atoms with Crippen LogP contribution in [0.25, 0.3) is 0 Å². The van der Waals surface area contributed by atoms with Crippen molar-refractivity contribution < 1.29 is 28.0 Å². The molecule has 26 heavy (non-hydrogen) atoms. The molecule has 0 saturated heterocycles. The average Bonchev–Trinajstić information content (AvgIpc) is 2.55. The molecule has 0 aromatic heterocycles. The van der Waals surface area contributed by atoms with Crippen molar-refractivity contribution in [2.75, 3.05) is 0 Å². The monoisotopic (exact) mass is 367 g/mol. The molecule has 2 rings (SSSR count). The number of benzene rings is 2. The maximum atomic E-state index is 12.6. The van der Waals surface area contributed by atoms with Crippen LogP contribution in [0.15, 0.2) is 47.6 Å². The van der Waals surface area contributed by atoms with Gasteiger partial charge in [0.05, 0.1) is 23.1 Å². The second-order valence-corrected chi connectivity index (χ2v) is 5.17. The molecule has 0 aliphatic carbocycles. The molecule has 0 spiro atoms. The van der Waals surface area contributed by atoms with Crippen molar-refractivity contribution in [2.45, 2.75) is 12.6 Å². The van der Waals surface area contributed by atoms with Crippen molar-refractivity contribution in [1.82, 2.24) is 5.43 Å². The molecular weight excluding hydrogens is 355 g/mol. The van der Waals surface area contributed by atoms with Gasteiger partial charge in [-0.05, 0) is 23.8 Å². The van der Waals surface area contributed by atoms with Crippen molar-refractivity contribution in [1.29, 1.82) is 0 Å². The van der Waals surface area contributed by atoms with Crippen LogP contribution in [0.1, 0.15) is 16.7 Å². The van der Waals surface area contributed by atoms with Gasteiger partial charge in [-0.2, -0.15) is 18.3 Å². The van der Waals surface area contributed by atoms with Gasteiger partial charge in [-0.25, -0.2) is 5.43 Å². The lowest BCUT2D eigenvalue weighted by Gasteiger charge is -2.08. The average molecular weight is 367 g/mol. The van der Waals surface area contributed by atoms with Crippen molar-refractivity contribution >= 4 is 17.8 Å². The lowest BCUT2D eigenvalue weighted by molar-refractivity contribution is -0.385. The van der Waals surface area contributed by atoms with E-state index in [2.05, 4.69) is 10.5 Å². The Morgan fingerprint density at radius 1 is 1.27 bits per heavy atom. The Balaban J connectivity index is 2.00. The van der Waals surface area contributed by atoms with Gasteiger partial charge in [-0.1, -0.05) is 18.2 Å². The molecule has 0 heterocycles. The molecule has 1 amide bonds. The highest BCUT2D eigenvalue weighted by molar-refractivity contribution is 5.84. The Bertz CT molecular complexity index is 866. The van der Waals surface area contributed by atoms with Gasteiger partial charge in [0, 0.05) is 11.6 Å². The van der Waals surface area contributed by atoms with E-state index in [4.69, 9.17) is 0 Å². The zero-order valence-electron chi connectivity index (χ0n) is 13.0. The first-order valence-electron chi connectivity index (χ1n) is 7.12. The molecule has 10 heteroatoms. The number of carbonyl (C=O) groups excluding carboxylic acids is 1. The van der Waals surface area contributed by atoms with Gasteiger partial charge < -0.3 is 5.11 Å². The van der Waals surface area contributed by atoms with E-state index in [-0.39, 0.29) is 17.5 Å². The minimum atomic E-state index is -4.50. The van der Waals surface area contributed by atoms with Gasteiger partial charge in [0.1, 0.15) is 0 Å². The van der Waals surface area contributed by atoms with Crippen LogP contribution in [0.5, 0.6) is 5.75 Å². The van der Waals surface area contributed by atoms with Gasteiger partial charge in [0.25, 0.3) is 0 Å². The van der Waals surface area contributed by atoms with Crippen molar-refractivity contribution in [2.24, 2.45) is 5.10 Å². The molecule has 0 fully saturated rings. The molecule has 0 bridgehead atoms. The van der Waals surface area contributed by atoms with Crippen LogP contribution in [0.4, 0.5) is 18.9 Å². The van der Waals surface area contributed by atoms with E-state index in [1.54, 1.807) is 0 Å². The standard InChI is InChI=1S/C16H12F3N3O4/c17-16(18,19)12-3-1-2-10(6-12)8-15(24)21-20-9-11-4-5-14(23)13(7-11)22(25)26/h1-7,9,23H,8H2,(H,21,24)/b20-9-. The smallest absolute Gasteiger partial charge is 0.416 e. The van der Waals surface area contributed by atoms with Crippen LogP contribution in [-0.4, -0.2) is 22.2 Å². The third-order valence-electron chi connectivity index (χ3n) is 3.22. The number of phenolic OH excluding ortho intramolecular Hbond substituents is 1. The second-order valence-electron chi connectivity index (χ2n) is 5.17. The van der Waals surface area contributed by atoms with Crippen molar-refractivity contribution in [3.05, 3.63) is 69.3 Å². The minimum Gasteiger partial charge on any atom is -0.502 e. The molecule has 2 N–H and O–H groups in total. The molecule has 2 aromatic carbocycles. The Kier molecular flexibility index (Phi) is 5.55. The molecule has 0 aliphatic heterocycles. The number of halogens is 3. The lowest BCUT2D eigenvalue weighted by Crippen LogP contribution is -2.20. The summed E-state index contributed by atoms with van der Waals surface area (Å²) in [6, 6.07) is 7.84. The summed E-state index contributed by atoms with van der Waals surface area (Å²) in [6.45, 7) is 0. The summed E-state index contributed by atoms with van der Waals surface area (Å²) in [7, 11) is 0. The highest BCUT2D eigenvalue weighted by atomic mass is 19.4. The van der Waals surface area contributed by atoms with Crippen LogP contribution in [0, 0.1) is 10.1 Å². The molecule has 0 unspecified atom stereocenters. The van der Waals surface area contributed by atoms with E-state index in [9.17, 15) is 33.2 Å². The van der Waals surface area contributed by atoms with Crippen LogP contribution >= 0.6 is 0 Å². The SMILES string of the molecule is O=C(Cc1cccc(C(F)(F)F)c1)N/N=C\c1ccc(O)c([N+](=O)[O-])c1. The summed E-state index contributed by atoms with van der Waals surface area (Å²) in [4.78, 5) is 21.7. The van der Waals surface area contributed by atoms with Crippen LogP contribution in [0.3, 0.4) is 0 Å². The maximum absolute atomic E-state index is 12.6. The van der Waals surface area contributed by atoms with E-state index in [0.717, 1.165) is 30.5 Å². The van der Waals surface area contributed by atoms with Gasteiger partial charge in [-0.15, -0.1) is 0 Å². The van der Waals surface area contributed by atoms with Crippen molar-refractivity contribution in [3.8, 4) is 5.75 Å². The molecule has 0 saturated carbocycles. The number of amides is 1. The number of carbonyl (C=O) groups is 1. The zero-order chi connectivity index (χ0) is 19.3. The second kappa shape index (κ2) is 7.64. The predicted octanol–water partition coefficient (Wildman–Crippen LogP) is 3.01. The summed E-state index contributed by atoms with van der Waals surface area (Å²) in [5.74, 6) is -1.17. The normalized spacial score (nSPS) is 11.5.